The van der Waals surface area contributed by atoms with E-state index in [1.165, 1.54) is 12.8 Å². The second-order valence-corrected chi connectivity index (χ2v) is 4.39. The minimum atomic E-state index is 0.767. The second-order valence-electron chi connectivity index (χ2n) is 4.39. The summed E-state index contributed by atoms with van der Waals surface area (Å²) in [6, 6.07) is 0. The fraction of sp³-hybridized carbons (Fsp3) is 0.583. The third-order valence-corrected chi connectivity index (χ3v) is 3.03. The van der Waals surface area contributed by atoms with Crippen molar-refractivity contribution in [3.05, 3.63) is 25.0 Å². The highest BCUT2D eigenvalue weighted by Crippen LogP contribution is 2.37. The number of imidazole rings is 1. The van der Waals surface area contributed by atoms with E-state index in [9.17, 15) is 0 Å². The first-order valence-electron chi connectivity index (χ1n) is 5.67. The van der Waals surface area contributed by atoms with Crippen LogP contribution in [0.25, 0.3) is 0 Å². The highest BCUT2D eigenvalue weighted by molar-refractivity contribution is 5.26. The predicted molar refractivity (Wildman–Crippen MR) is 62.8 cm³/mol. The van der Waals surface area contributed by atoms with Crippen LogP contribution in [0.2, 0.25) is 0 Å². The molecule has 0 aliphatic heterocycles. The van der Waals surface area contributed by atoms with Gasteiger partial charge in [0.1, 0.15) is 0 Å². The average molecular weight is 205 g/mol. The Morgan fingerprint density at radius 2 is 2.53 bits per heavy atom. The summed E-state index contributed by atoms with van der Waals surface area (Å²) in [6.07, 6.45) is 8.56. The Balaban J connectivity index is 1.93. The molecule has 1 N–H and O–H groups in total. The van der Waals surface area contributed by atoms with E-state index in [0.717, 1.165) is 30.9 Å². The van der Waals surface area contributed by atoms with Gasteiger partial charge in [0.2, 0.25) is 5.95 Å². The average Bonchev–Trinajstić information content (AvgIpc) is 2.99. The summed E-state index contributed by atoms with van der Waals surface area (Å²) in [7, 11) is 0. The van der Waals surface area contributed by atoms with Gasteiger partial charge < -0.3 is 9.88 Å². The largest absolute Gasteiger partial charge is 0.352 e. The lowest BCUT2D eigenvalue weighted by Gasteiger charge is -2.13. The van der Waals surface area contributed by atoms with Gasteiger partial charge in [-0.2, -0.15) is 0 Å². The third kappa shape index (κ3) is 2.61. The smallest absolute Gasteiger partial charge is 0.203 e. The van der Waals surface area contributed by atoms with Crippen LogP contribution in [0.1, 0.15) is 19.8 Å². The van der Waals surface area contributed by atoms with E-state index in [0.29, 0.717) is 0 Å². The highest BCUT2D eigenvalue weighted by atomic mass is 15.2. The molecule has 3 nitrogen and oxygen atoms in total. The molecule has 0 spiro atoms. The molecule has 1 saturated carbocycles. The zero-order chi connectivity index (χ0) is 10.7. The van der Waals surface area contributed by atoms with Gasteiger partial charge in [-0.15, -0.1) is 6.58 Å². The molecule has 1 unspecified atom stereocenters. The zero-order valence-electron chi connectivity index (χ0n) is 9.32. The lowest BCUT2D eigenvalue weighted by atomic mass is 10.1. The van der Waals surface area contributed by atoms with Gasteiger partial charge in [0, 0.05) is 25.5 Å². The van der Waals surface area contributed by atoms with E-state index in [1.54, 1.807) is 0 Å². The molecule has 0 aromatic carbocycles. The van der Waals surface area contributed by atoms with Crippen molar-refractivity contribution in [1.29, 1.82) is 0 Å². The zero-order valence-corrected chi connectivity index (χ0v) is 9.32. The first kappa shape index (κ1) is 10.3. The van der Waals surface area contributed by atoms with Crippen LogP contribution in [-0.4, -0.2) is 16.1 Å². The summed E-state index contributed by atoms with van der Waals surface area (Å²) in [5.74, 6) is 2.67. The molecule has 1 aromatic heterocycles. The molecule has 3 heteroatoms. The molecule has 0 radical (unpaired) electrons. The molecule has 15 heavy (non-hydrogen) atoms. The summed E-state index contributed by atoms with van der Waals surface area (Å²) < 4.78 is 2.20. The molecule has 1 fully saturated rings. The van der Waals surface area contributed by atoms with Crippen molar-refractivity contribution in [3.63, 3.8) is 0 Å². The Labute approximate surface area is 91.2 Å². The molecule has 1 aliphatic rings. The molecule has 1 heterocycles. The first-order valence-corrected chi connectivity index (χ1v) is 5.67. The van der Waals surface area contributed by atoms with Crippen molar-refractivity contribution in [2.24, 2.45) is 11.8 Å². The number of nitrogens with one attached hydrogen (secondary N) is 1. The lowest BCUT2D eigenvalue weighted by molar-refractivity contribution is 0.432. The van der Waals surface area contributed by atoms with Gasteiger partial charge in [-0.3, -0.25) is 0 Å². The summed E-state index contributed by atoms with van der Waals surface area (Å²) in [6.45, 7) is 7.86. The highest BCUT2D eigenvalue weighted by Gasteiger charge is 2.28. The van der Waals surface area contributed by atoms with Gasteiger partial charge in [0.15, 0.2) is 0 Å². The van der Waals surface area contributed by atoms with E-state index in [1.807, 2.05) is 18.5 Å². The quantitative estimate of drug-likeness (QED) is 0.723. The van der Waals surface area contributed by atoms with Crippen molar-refractivity contribution in [2.45, 2.75) is 26.3 Å². The van der Waals surface area contributed by atoms with E-state index in [-0.39, 0.29) is 0 Å². The predicted octanol–water partition coefficient (Wildman–Crippen LogP) is 2.53. The molecule has 0 amide bonds. The Kier molecular flexibility index (Phi) is 3.09. The number of hydrogen-bond acceptors (Lipinski definition) is 2. The topological polar surface area (TPSA) is 29.9 Å². The number of nitrogens with zero attached hydrogens (tertiary/aromatic N) is 2. The fourth-order valence-corrected chi connectivity index (χ4v) is 1.91. The Hall–Kier alpha value is -1.25. The molecule has 1 aromatic rings. The van der Waals surface area contributed by atoms with Gasteiger partial charge in [-0.25, -0.2) is 4.98 Å². The van der Waals surface area contributed by atoms with E-state index in [2.05, 4.69) is 28.4 Å². The van der Waals surface area contributed by atoms with Gasteiger partial charge in [0.25, 0.3) is 0 Å². The van der Waals surface area contributed by atoms with Crippen molar-refractivity contribution in [2.75, 3.05) is 11.9 Å². The Morgan fingerprint density at radius 3 is 3.20 bits per heavy atom. The fourth-order valence-electron chi connectivity index (χ4n) is 1.91. The Bertz CT molecular complexity index is 325. The minimum Gasteiger partial charge on any atom is -0.352 e. The van der Waals surface area contributed by atoms with Crippen LogP contribution in [0.3, 0.4) is 0 Å². The molecule has 0 saturated heterocycles. The van der Waals surface area contributed by atoms with Gasteiger partial charge >= 0.3 is 0 Å². The van der Waals surface area contributed by atoms with Gasteiger partial charge in [-0.1, -0.05) is 13.0 Å². The number of anilines is 1. The van der Waals surface area contributed by atoms with E-state index >= 15 is 0 Å². The van der Waals surface area contributed by atoms with Crippen LogP contribution in [0, 0.1) is 11.8 Å². The SMILES string of the molecule is C=CCNc1nccn1CC(C)C1CC1. The van der Waals surface area contributed by atoms with Crippen molar-refractivity contribution >= 4 is 5.95 Å². The Morgan fingerprint density at radius 1 is 1.73 bits per heavy atom. The maximum absolute atomic E-state index is 4.29. The molecular weight excluding hydrogens is 186 g/mol. The van der Waals surface area contributed by atoms with E-state index in [4.69, 9.17) is 0 Å². The van der Waals surface area contributed by atoms with Gasteiger partial charge in [0.05, 0.1) is 0 Å². The van der Waals surface area contributed by atoms with Crippen molar-refractivity contribution in [1.82, 2.24) is 9.55 Å². The van der Waals surface area contributed by atoms with Crippen molar-refractivity contribution < 1.29 is 0 Å². The van der Waals surface area contributed by atoms with Crippen LogP contribution in [0.5, 0.6) is 0 Å². The molecule has 2 rings (SSSR count). The third-order valence-electron chi connectivity index (χ3n) is 3.03. The van der Waals surface area contributed by atoms with Crippen molar-refractivity contribution in [3.8, 4) is 0 Å². The molecule has 1 atom stereocenters. The number of hydrogen-bond donors (Lipinski definition) is 1. The summed E-state index contributed by atoms with van der Waals surface area (Å²) >= 11 is 0. The van der Waals surface area contributed by atoms with Crippen LogP contribution in [-0.2, 0) is 6.54 Å². The maximum Gasteiger partial charge on any atom is 0.203 e. The van der Waals surface area contributed by atoms with Gasteiger partial charge in [-0.05, 0) is 24.7 Å². The summed E-state index contributed by atoms with van der Waals surface area (Å²) in [4.78, 5) is 4.29. The second kappa shape index (κ2) is 4.51. The first-order chi connectivity index (χ1) is 7.31. The minimum absolute atomic E-state index is 0.767. The van der Waals surface area contributed by atoms with Crippen LogP contribution in [0.4, 0.5) is 5.95 Å². The summed E-state index contributed by atoms with van der Waals surface area (Å²) in [5.41, 5.74) is 0. The number of aromatic nitrogens is 2. The maximum atomic E-state index is 4.29. The monoisotopic (exact) mass is 205 g/mol. The molecule has 82 valence electrons. The number of rotatable bonds is 6. The van der Waals surface area contributed by atoms with Crippen LogP contribution >= 0.6 is 0 Å². The summed E-state index contributed by atoms with van der Waals surface area (Å²) in [5, 5.41) is 3.24. The lowest BCUT2D eigenvalue weighted by Crippen LogP contribution is -2.12. The molecular formula is C12H19N3. The van der Waals surface area contributed by atoms with E-state index < -0.39 is 0 Å². The normalized spacial score (nSPS) is 17.4. The van der Waals surface area contributed by atoms with Crippen LogP contribution in [0.15, 0.2) is 25.0 Å². The molecule has 1 aliphatic carbocycles. The van der Waals surface area contributed by atoms with Crippen LogP contribution < -0.4 is 5.32 Å². The standard InChI is InChI=1S/C12H19N3/c1-3-6-13-12-14-7-8-15(12)9-10(2)11-4-5-11/h3,7-8,10-11H,1,4-6,9H2,2H3,(H,13,14). The molecule has 0 bridgehead atoms.